The monoisotopic (exact) mass is 353 g/mol. The van der Waals surface area contributed by atoms with Crippen LogP contribution in [0.1, 0.15) is 11.1 Å². The summed E-state index contributed by atoms with van der Waals surface area (Å²) in [5.74, 6) is -0.125. The summed E-state index contributed by atoms with van der Waals surface area (Å²) >= 11 is 3.42. The van der Waals surface area contributed by atoms with E-state index in [2.05, 4.69) is 20.9 Å². The summed E-state index contributed by atoms with van der Waals surface area (Å²) in [6.07, 6.45) is 5.35. The van der Waals surface area contributed by atoms with Crippen LogP contribution in [0.15, 0.2) is 81.9 Å². The molecule has 3 rings (SSSR count). The number of cyclic esters (lactones) is 1. The first-order chi connectivity index (χ1) is 10.7. The standard InChI is InChI=1S/C18H12BrNO2/c19-15-11-5-4-10-14(15)17-20-16(18(21)22-17)12-6-9-13-7-2-1-3-8-13/h1-12H/b9-6+,16-12-. The topological polar surface area (TPSA) is 38.7 Å². The highest BCUT2D eigenvalue weighted by atomic mass is 79.9. The molecule has 0 saturated heterocycles. The summed E-state index contributed by atoms with van der Waals surface area (Å²) in [4.78, 5) is 16.1. The number of ether oxygens (including phenoxy) is 1. The van der Waals surface area contributed by atoms with Crippen molar-refractivity contribution < 1.29 is 9.53 Å². The van der Waals surface area contributed by atoms with Gasteiger partial charge in [-0.2, -0.15) is 0 Å². The Labute approximate surface area is 136 Å². The Balaban J connectivity index is 1.83. The SMILES string of the molecule is O=C1OC(c2ccccc2Br)=N/C1=C\C=C\c1ccccc1. The second-order valence-electron chi connectivity index (χ2n) is 4.61. The molecule has 3 nitrogen and oxygen atoms in total. The van der Waals surface area contributed by atoms with E-state index in [0.717, 1.165) is 15.6 Å². The van der Waals surface area contributed by atoms with Crippen molar-refractivity contribution in [3.8, 4) is 0 Å². The zero-order valence-electron chi connectivity index (χ0n) is 11.6. The van der Waals surface area contributed by atoms with Crippen LogP contribution < -0.4 is 0 Å². The number of carbonyl (C=O) groups is 1. The van der Waals surface area contributed by atoms with Gasteiger partial charge in [0.15, 0.2) is 5.70 Å². The van der Waals surface area contributed by atoms with Crippen molar-refractivity contribution in [1.82, 2.24) is 0 Å². The van der Waals surface area contributed by atoms with Gasteiger partial charge in [-0.15, -0.1) is 0 Å². The van der Waals surface area contributed by atoms with Crippen molar-refractivity contribution in [1.29, 1.82) is 0 Å². The van der Waals surface area contributed by atoms with Gasteiger partial charge in [0.05, 0.1) is 5.56 Å². The molecule has 0 fully saturated rings. The molecular weight excluding hydrogens is 342 g/mol. The predicted octanol–water partition coefficient (Wildman–Crippen LogP) is 4.35. The summed E-state index contributed by atoms with van der Waals surface area (Å²) < 4.78 is 6.06. The fourth-order valence-corrected chi connectivity index (χ4v) is 2.44. The highest BCUT2D eigenvalue weighted by molar-refractivity contribution is 9.10. The van der Waals surface area contributed by atoms with Crippen molar-refractivity contribution in [2.24, 2.45) is 4.99 Å². The maximum atomic E-state index is 11.9. The van der Waals surface area contributed by atoms with Crippen LogP contribution in [-0.4, -0.2) is 11.9 Å². The number of carbonyl (C=O) groups excluding carboxylic acids is 1. The Bertz CT molecular complexity index is 792. The quantitative estimate of drug-likeness (QED) is 0.607. The number of halogens is 1. The molecule has 2 aromatic rings. The Kier molecular flexibility index (Phi) is 4.30. The number of hydrogen-bond acceptors (Lipinski definition) is 3. The van der Waals surface area contributed by atoms with E-state index in [1.807, 2.05) is 60.7 Å². The molecule has 1 heterocycles. The Hall–Kier alpha value is -2.46. The van der Waals surface area contributed by atoms with Gasteiger partial charge in [0.2, 0.25) is 5.90 Å². The van der Waals surface area contributed by atoms with E-state index in [4.69, 9.17) is 4.74 Å². The van der Waals surface area contributed by atoms with Crippen molar-refractivity contribution >= 4 is 33.9 Å². The highest BCUT2D eigenvalue weighted by Crippen LogP contribution is 2.22. The van der Waals surface area contributed by atoms with Gasteiger partial charge in [-0.25, -0.2) is 9.79 Å². The second kappa shape index (κ2) is 6.54. The van der Waals surface area contributed by atoms with Crippen LogP contribution in [0.4, 0.5) is 0 Å². The summed E-state index contributed by atoms with van der Waals surface area (Å²) in [6.45, 7) is 0. The average molecular weight is 354 g/mol. The van der Waals surface area contributed by atoms with E-state index < -0.39 is 5.97 Å². The van der Waals surface area contributed by atoms with Crippen molar-refractivity contribution in [3.63, 3.8) is 0 Å². The third-order valence-corrected chi connectivity index (χ3v) is 3.76. The predicted molar refractivity (Wildman–Crippen MR) is 90.3 cm³/mol. The molecule has 108 valence electrons. The molecule has 4 heteroatoms. The number of nitrogens with zero attached hydrogens (tertiary/aromatic N) is 1. The van der Waals surface area contributed by atoms with Crippen molar-refractivity contribution in [2.45, 2.75) is 0 Å². The van der Waals surface area contributed by atoms with E-state index in [-0.39, 0.29) is 5.70 Å². The lowest BCUT2D eigenvalue weighted by atomic mass is 10.2. The van der Waals surface area contributed by atoms with E-state index >= 15 is 0 Å². The first-order valence-electron chi connectivity index (χ1n) is 6.73. The van der Waals surface area contributed by atoms with Gasteiger partial charge in [0.1, 0.15) is 0 Å². The lowest BCUT2D eigenvalue weighted by Crippen LogP contribution is -2.05. The molecule has 1 aliphatic heterocycles. The number of aliphatic imine (C=N–C) groups is 1. The lowest BCUT2D eigenvalue weighted by molar-refractivity contribution is -0.130. The highest BCUT2D eigenvalue weighted by Gasteiger charge is 2.24. The summed E-state index contributed by atoms with van der Waals surface area (Å²) in [5.41, 5.74) is 2.10. The molecule has 0 N–H and O–H groups in total. The van der Waals surface area contributed by atoms with E-state index in [1.165, 1.54) is 0 Å². The Morgan fingerprint density at radius 2 is 1.73 bits per heavy atom. The molecule has 0 atom stereocenters. The number of allylic oxidation sites excluding steroid dienone is 2. The fraction of sp³-hybridized carbons (Fsp3) is 0. The molecule has 0 aliphatic carbocycles. The van der Waals surface area contributed by atoms with Crippen LogP contribution in [0.5, 0.6) is 0 Å². The summed E-state index contributed by atoms with van der Waals surface area (Å²) in [6, 6.07) is 17.3. The number of hydrogen-bond donors (Lipinski definition) is 0. The minimum Gasteiger partial charge on any atom is -0.402 e. The van der Waals surface area contributed by atoms with E-state index in [9.17, 15) is 4.79 Å². The van der Waals surface area contributed by atoms with Crippen LogP contribution in [0.2, 0.25) is 0 Å². The first kappa shape index (κ1) is 14.5. The minimum atomic E-state index is -0.441. The van der Waals surface area contributed by atoms with Gasteiger partial charge >= 0.3 is 5.97 Å². The molecule has 0 bridgehead atoms. The minimum absolute atomic E-state index is 0.290. The summed E-state index contributed by atoms with van der Waals surface area (Å²) in [5, 5.41) is 0. The van der Waals surface area contributed by atoms with Crippen LogP contribution in [-0.2, 0) is 9.53 Å². The number of esters is 1. The van der Waals surface area contributed by atoms with Crippen molar-refractivity contribution in [3.05, 3.63) is 88.0 Å². The Morgan fingerprint density at radius 3 is 2.50 bits per heavy atom. The van der Waals surface area contributed by atoms with Gasteiger partial charge in [0.25, 0.3) is 0 Å². The third-order valence-electron chi connectivity index (χ3n) is 3.07. The normalized spacial score (nSPS) is 16.1. The first-order valence-corrected chi connectivity index (χ1v) is 7.52. The molecular formula is C18H12BrNO2. The average Bonchev–Trinajstić information content (AvgIpc) is 2.90. The molecule has 0 unspecified atom stereocenters. The lowest BCUT2D eigenvalue weighted by Gasteiger charge is -2.01. The molecule has 0 amide bonds. The molecule has 0 saturated carbocycles. The van der Waals surface area contributed by atoms with Gasteiger partial charge in [0, 0.05) is 4.47 Å². The van der Waals surface area contributed by atoms with Gasteiger partial charge in [-0.3, -0.25) is 0 Å². The van der Waals surface area contributed by atoms with E-state index in [0.29, 0.717) is 5.90 Å². The third kappa shape index (κ3) is 3.23. The maximum absolute atomic E-state index is 11.9. The van der Waals surface area contributed by atoms with Crippen LogP contribution in [0.3, 0.4) is 0 Å². The van der Waals surface area contributed by atoms with Crippen LogP contribution in [0, 0.1) is 0 Å². The smallest absolute Gasteiger partial charge is 0.363 e. The molecule has 0 aromatic heterocycles. The number of rotatable bonds is 3. The molecule has 2 aromatic carbocycles. The molecule has 22 heavy (non-hydrogen) atoms. The largest absolute Gasteiger partial charge is 0.402 e. The molecule has 0 radical (unpaired) electrons. The molecule has 1 aliphatic rings. The maximum Gasteiger partial charge on any atom is 0.363 e. The van der Waals surface area contributed by atoms with Crippen LogP contribution in [0.25, 0.3) is 6.08 Å². The number of benzene rings is 2. The van der Waals surface area contributed by atoms with Crippen molar-refractivity contribution in [2.75, 3.05) is 0 Å². The second-order valence-corrected chi connectivity index (χ2v) is 5.46. The van der Waals surface area contributed by atoms with Gasteiger partial charge in [-0.1, -0.05) is 54.6 Å². The Morgan fingerprint density at radius 1 is 1.00 bits per heavy atom. The fourth-order valence-electron chi connectivity index (χ4n) is 1.99. The zero-order valence-corrected chi connectivity index (χ0v) is 13.2. The van der Waals surface area contributed by atoms with Gasteiger partial charge < -0.3 is 4.74 Å². The van der Waals surface area contributed by atoms with Gasteiger partial charge in [-0.05, 0) is 39.7 Å². The van der Waals surface area contributed by atoms with Crippen LogP contribution >= 0.6 is 15.9 Å². The van der Waals surface area contributed by atoms with E-state index in [1.54, 1.807) is 12.2 Å². The molecule has 0 spiro atoms. The zero-order chi connectivity index (χ0) is 15.4. The summed E-state index contributed by atoms with van der Waals surface area (Å²) in [7, 11) is 0.